The van der Waals surface area contributed by atoms with Gasteiger partial charge < -0.3 is 15.0 Å². The van der Waals surface area contributed by atoms with Crippen molar-refractivity contribution in [1.82, 2.24) is 20.6 Å². The number of carbonyl (C=O) groups excluding carboxylic acids is 3. The van der Waals surface area contributed by atoms with Crippen molar-refractivity contribution in [2.24, 2.45) is 0 Å². The molecule has 0 saturated heterocycles. The van der Waals surface area contributed by atoms with Crippen LogP contribution in [0, 0.1) is 0 Å². The molecule has 0 aromatic carbocycles. The van der Waals surface area contributed by atoms with Crippen molar-refractivity contribution in [3.8, 4) is 0 Å². The number of esters is 1. The largest absolute Gasteiger partial charge is 0.456 e. The first kappa shape index (κ1) is 19.6. The summed E-state index contributed by atoms with van der Waals surface area (Å²) < 4.78 is 4.88. The van der Waals surface area contributed by atoms with Gasteiger partial charge in [0.2, 0.25) is 0 Å². The molecule has 0 spiro atoms. The first-order chi connectivity index (χ1) is 14.0. The first-order valence-corrected chi connectivity index (χ1v) is 10.6. The minimum absolute atomic E-state index is 0.0267. The molecule has 3 amide bonds. The molecule has 29 heavy (non-hydrogen) atoms. The van der Waals surface area contributed by atoms with Crippen molar-refractivity contribution < 1.29 is 19.1 Å². The van der Waals surface area contributed by atoms with E-state index in [0.717, 1.165) is 44.1 Å². The van der Waals surface area contributed by atoms with E-state index in [-0.39, 0.29) is 24.4 Å². The van der Waals surface area contributed by atoms with Crippen molar-refractivity contribution in [2.75, 3.05) is 6.61 Å². The predicted octanol–water partition coefficient (Wildman–Crippen LogP) is 1.33. The zero-order chi connectivity index (χ0) is 20.4. The second kappa shape index (κ2) is 8.32. The van der Waals surface area contributed by atoms with Gasteiger partial charge in [-0.3, -0.25) is 19.7 Å². The summed E-state index contributed by atoms with van der Waals surface area (Å²) in [5.41, 5.74) is 0.950. The molecule has 2 aliphatic rings. The zero-order valence-electron chi connectivity index (χ0n) is 15.8. The molecule has 2 aromatic rings. The standard InChI is InChI=1S/C19H22N4O5S/c24-14(23-19(27)20-10-5-6-10)9-28-15(25)8-7-13-21-17(26)16-11-3-1-2-4-12(11)29-18(16)22-13/h10H,1-9H2,(H,21,22,26)(H2,20,23,24,27). The third-order valence-electron chi connectivity index (χ3n) is 4.97. The number of aromatic amines is 1. The van der Waals surface area contributed by atoms with Gasteiger partial charge in [-0.2, -0.15) is 0 Å². The number of rotatable bonds is 6. The van der Waals surface area contributed by atoms with Crippen molar-refractivity contribution in [2.45, 2.75) is 57.4 Å². The lowest BCUT2D eigenvalue weighted by atomic mass is 9.97. The normalized spacial score (nSPS) is 15.6. The minimum Gasteiger partial charge on any atom is -0.456 e. The Hall–Kier alpha value is -2.75. The molecule has 0 atom stereocenters. The Labute approximate surface area is 170 Å². The molecule has 2 aliphatic carbocycles. The summed E-state index contributed by atoms with van der Waals surface area (Å²) in [4.78, 5) is 56.6. The van der Waals surface area contributed by atoms with Crippen LogP contribution in [0.5, 0.6) is 0 Å². The second-order valence-corrected chi connectivity index (χ2v) is 8.44. The Bertz CT molecular complexity index is 1020. The molecule has 9 nitrogen and oxygen atoms in total. The Kier molecular flexibility index (Phi) is 5.61. The number of aromatic nitrogens is 2. The molecule has 0 bridgehead atoms. The molecule has 2 heterocycles. The summed E-state index contributed by atoms with van der Waals surface area (Å²) in [5.74, 6) is -0.865. The number of H-pyrrole nitrogens is 1. The number of fused-ring (bicyclic) bond motifs is 3. The van der Waals surface area contributed by atoms with Gasteiger partial charge in [-0.15, -0.1) is 11.3 Å². The maximum Gasteiger partial charge on any atom is 0.321 e. The van der Waals surface area contributed by atoms with E-state index in [2.05, 4.69) is 20.6 Å². The fourth-order valence-electron chi connectivity index (χ4n) is 3.38. The summed E-state index contributed by atoms with van der Waals surface area (Å²) in [6.45, 7) is -0.530. The van der Waals surface area contributed by atoms with Crippen LogP contribution in [0.15, 0.2) is 4.79 Å². The highest BCUT2D eigenvalue weighted by Gasteiger charge is 2.24. The van der Waals surface area contributed by atoms with E-state index in [4.69, 9.17) is 4.74 Å². The Balaban J connectivity index is 1.28. The van der Waals surface area contributed by atoms with Crippen LogP contribution in [0.25, 0.3) is 10.2 Å². The number of imide groups is 1. The van der Waals surface area contributed by atoms with Gasteiger partial charge in [-0.1, -0.05) is 0 Å². The first-order valence-electron chi connectivity index (χ1n) is 9.79. The number of thiophene rings is 1. The molecule has 1 fully saturated rings. The molecule has 0 radical (unpaired) electrons. The van der Waals surface area contributed by atoms with Crippen LogP contribution in [-0.2, 0) is 33.6 Å². The van der Waals surface area contributed by atoms with E-state index in [1.54, 1.807) is 11.3 Å². The summed E-state index contributed by atoms with van der Waals surface area (Å²) in [6, 6.07) is -0.450. The number of hydrogen-bond donors (Lipinski definition) is 3. The number of carbonyl (C=O) groups is 3. The molecule has 10 heteroatoms. The smallest absolute Gasteiger partial charge is 0.321 e. The summed E-state index contributed by atoms with van der Waals surface area (Å²) in [5, 5.41) is 5.39. The molecular weight excluding hydrogens is 396 g/mol. The topological polar surface area (TPSA) is 130 Å². The Morgan fingerprint density at radius 1 is 1.21 bits per heavy atom. The lowest BCUT2D eigenvalue weighted by Crippen LogP contribution is -2.42. The fraction of sp³-hybridized carbons (Fsp3) is 0.526. The van der Waals surface area contributed by atoms with Gasteiger partial charge in [-0.05, 0) is 44.1 Å². The molecule has 3 N–H and O–H groups in total. The van der Waals surface area contributed by atoms with Gasteiger partial charge in [0.1, 0.15) is 10.7 Å². The predicted molar refractivity (Wildman–Crippen MR) is 106 cm³/mol. The number of aryl methyl sites for hydroxylation is 3. The van der Waals surface area contributed by atoms with Gasteiger partial charge in [-0.25, -0.2) is 9.78 Å². The average Bonchev–Trinajstić information content (AvgIpc) is 3.41. The molecule has 2 aromatic heterocycles. The number of nitrogens with one attached hydrogen (secondary N) is 3. The van der Waals surface area contributed by atoms with E-state index >= 15 is 0 Å². The Morgan fingerprint density at radius 3 is 2.79 bits per heavy atom. The van der Waals surface area contributed by atoms with Gasteiger partial charge in [0.25, 0.3) is 11.5 Å². The quantitative estimate of drug-likeness (QED) is 0.607. The van der Waals surface area contributed by atoms with Crippen LogP contribution in [0.2, 0.25) is 0 Å². The minimum atomic E-state index is -0.686. The summed E-state index contributed by atoms with van der Waals surface area (Å²) in [6.07, 6.45) is 6.11. The number of hydrogen-bond acceptors (Lipinski definition) is 7. The van der Waals surface area contributed by atoms with Crippen LogP contribution >= 0.6 is 11.3 Å². The highest BCUT2D eigenvalue weighted by molar-refractivity contribution is 7.18. The van der Waals surface area contributed by atoms with Crippen LogP contribution in [0.3, 0.4) is 0 Å². The SMILES string of the molecule is O=C(COC(=O)CCc1nc2sc3c(c2c(=O)[nH]1)CCCC3)NC(=O)NC1CC1. The van der Waals surface area contributed by atoms with E-state index in [1.165, 1.54) is 4.88 Å². The third kappa shape index (κ3) is 4.81. The van der Waals surface area contributed by atoms with Crippen molar-refractivity contribution in [3.63, 3.8) is 0 Å². The molecule has 0 unspecified atom stereocenters. The molecular formula is C19H22N4O5S. The van der Waals surface area contributed by atoms with E-state index in [0.29, 0.717) is 16.0 Å². The lowest BCUT2D eigenvalue weighted by Gasteiger charge is -2.09. The zero-order valence-corrected chi connectivity index (χ0v) is 16.7. The van der Waals surface area contributed by atoms with Gasteiger partial charge in [0, 0.05) is 17.3 Å². The maximum atomic E-state index is 12.5. The van der Waals surface area contributed by atoms with Crippen LogP contribution in [-0.4, -0.2) is 40.5 Å². The van der Waals surface area contributed by atoms with Gasteiger partial charge in [0.05, 0.1) is 11.8 Å². The highest BCUT2D eigenvalue weighted by Crippen LogP contribution is 2.33. The summed E-state index contributed by atoms with van der Waals surface area (Å²) in [7, 11) is 0. The molecule has 154 valence electrons. The third-order valence-corrected chi connectivity index (χ3v) is 6.16. The van der Waals surface area contributed by atoms with Gasteiger partial charge >= 0.3 is 12.0 Å². The second-order valence-electron chi connectivity index (χ2n) is 7.36. The van der Waals surface area contributed by atoms with Crippen molar-refractivity contribution in [1.29, 1.82) is 0 Å². The van der Waals surface area contributed by atoms with Crippen LogP contribution in [0.1, 0.15) is 48.4 Å². The monoisotopic (exact) mass is 418 g/mol. The van der Waals surface area contributed by atoms with E-state index in [9.17, 15) is 19.2 Å². The number of nitrogens with zero attached hydrogens (tertiary/aromatic N) is 1. The lowest BCUT2D eigenvalue weighted by molar-refractivity contribution is -0.148. The Morgan fingerprint density at radius 2 is 2.00 bits per heavy atom. The summed E-state index contributed by atoms with van der Waals surface area (Å²) >= 11 is 1.55. The fourth-order valence-corrected chi connectivity index (χ4v) is 4.66. The molecule has 0 aliphatic heterocycles. The van der Waals surface area contributed by atoms with Crippen molar-refractivity contribution in [3.05, 3.63) is 26.6 Å². The highest BCUT2D eigenvalue weighted by atomic mass is 32.1. The average molecular weight is 418 g/mol. The van der Waals surface area contributed by atoms with Crippen LogP contribution in [0.4, 0.5) is 4.79 Å². The maximum absolute atomic E-state index is 12.5. The number of ether oxygens (including phenoxy) is 1. The van der Waals surface area contributed by atoms with Gasteiger partial charge in [0.15, 0.2) is 6.61 Å². The molecule has 1 saturated carbocycles. The number of amides is 3. The van der Waals surface area contributed by atoms with E-state index in [1.807, 2.05) is 0 Å². The number of urea groups is 1. The molecule has 4 rings (SSSR count). The van der Waals surface area contributed by atoms with Crippen LogP contribution < -0.4 is 16.2 Å². The van der Waals surface area contributed by atoms with Crippen molar-refractivity contribution >= 4 is 39.5 Å². The van der Waals surface area contributed by atoms with E-state index < -0.39 is 24.5 Å².